The van der Waals surface area contributed by atoms with Gasteiger partial charge in [-0.25, -0.2) is 4.98 Å². The number of aryl methyl sites for hydroxylation is 2. The van der Waals surface area contributed by atoms with Gasteiger partial charge in [-0.1, -0.05) is 24.6 Å². The first-order valence-electron chi connectivity index (χ1n) is 11.8. The van der Waals surface area contributed by atoms with Gasteiger partial charge in [-0.3, -0.25) is 14.2 Å². The van der Waals surface area contributed by atoms with Crippen LogP contribution in [0.15, 0.2) is 34.2 Å². The van der Waals surface area contributed by atoms with Crippen LogP contribution in [0.4, 0.5) is 11.4 Å². The van der Waals surface area contributed by atoms with Crippen LogP contribution in [0.3, 0.4) is 0 Å². The molecule has 0 atom stereocenters. The van der Waals surface area contributed by atoms with E-state index in [2.05, 4.69) is 5.32 Å². The molecule has 0 unspecified atom stereocenters. The van der Waals surface area contributed by atoms with Crippen molar-refractivity contribution >= 4 is 50.6 Å². The smallest absolute Gasteiger partial charge is 0.263 e. The molecule has 33 heavy (non-hydrogen) atoms. The minimum absolute atomic E-state index is 0.0876. The van der Waals surface area contributed by atoms with Gasteiger partial charge in [0.2, 0.25) is 5.91 Å². The molecule has 2 aliphatic carbocycles. The Bertz CT molecular complexity index is 1220. The van der Waals surface area contributed by atoms with Crippen molar-refractivity contribution in [1.82, 2.24) is 9.55 Å². The summed E-state index contributed by atoms with van der Waals surface area (Å²) < 4.78 is 1.92. The van der Waals surface area contributed by atoms with Crippen LogP contribution in [-0.2, 0) is 17.6 Å². The fraction of sp³-hybridized carbons (Fsp3) is 0.480. The number of anilines is 2. The Balaban J connectivity index is 1.40. The molecule has 0 radical (unpaired) electrons. The molecule has 6 nitrogen and oxygen atoms in total. The maximum atomic E-state index is 13.7. The Kier molecular flexibility index (Phi) is 6.47. The third-order valence-corrected chi connectivity index (χ3v) is 8.82. The number of rotatable bonds is 6. The Morgan fingerprint density at radius 1 is 1.15 bits per heavy atom. The average Bonchev–Trinajstić information content (AvgIpc) is 3.46. The van der Waals surface area contributed by atoms with Crippen LogP contribution in [0.2, 0.25) is 0 Å². The highest BCUT2D eigenvalue weighted by atomic mass is 32.2. The molecule has 2 aliphatic rings. The molecule has 0 aliphatic heterocycles. The number of amides is 1. The maximum Gasteiger partial charge on any atom is 0.263 e. The third-order valence-electron chi connectivity index (χ3n) is 6.68. The summed E-state index contributed by atoms with van der Waals surface area (Å²) in [5, 5.41) is 4.50. The van der Waals surface area contributed by atoms with Gasteiger partial charge in [-0.2, -0.15) is 0 Å². The van der Waals surface area contributed by atoms with E-state index >= 15 is 0 Å². The predicted molar refractivity (Wildman–Crippen MR) is 138 cm³/mol. The fourth-order valence-electron chi connectivity index (χ4n) is 4.96. The van der Waals surface area contributed by atoms with E-state index in [1.54, 1.807) is 11.3 Å². The summed E-state index contributed by atoms with van der Waals surface area (Å²) in [6.45, 7) is 0. The summed E-state index contributed by atoms with van der Waals surface area (Å²) in [5.41, 5.74) is 3.20. The van der Waals surface area contributed by atoms with Crippen molar-refractivity contribution in [3.8, 4) is 0 Å². The number of fused-ring (bicyclic) bond motifs is 3. The molecule has 1 fully saturated rings. The molecule has 0 spiro atoms. The van der Waals surface area contributed by atoms with E-state index in [0.717, 1.165) is 66.5 Å². The Hall–Kier alpha value is -2.32. The molecule has 0 bridgehead atoms. The van der Waals surface area contributed by atoms with Crippen molar-refractivity contribution in [2.75, 3.05) is 30.1 Å². The van der Waals surface area contributed by atoms with Crippen molar-refractivity contribution in [3.05, 3.63) is 45.1 Å². The number of carbonyl (C=O) groups is 1. The molecule has 8 heteroatoms. The van der Waals surface area contributed by atoms with E-state index in [1.165, 1.54) is 28.6 Å². The van der Waals surface area contributed by atoms with Crippen LogP contribution in [0.5, 0.6) is 0 Å². The topological polar surface area (TPSA) is 67.2 Å². The summed E-state index contributed by atoms with van der Waals surface area (Å²) in [7, 11) is 3.98. The number of nitrogens with zero attached hydrogens (tertiary/aromatic N) is 3. The van der Waals surface area contributed by atoms with Crippen LogP contribution >= 0.6 is 23.1 Å². The van der Waals surface area contributed by atoms with E-state index in [4.69, 9.17) is 4.98 Å². The highest BCUT2D eigenvalue weighted by Crippen LogP contribution is 2.37. The normalized spacial score (nSPS) is 16.2. The number of aromatic nitrogens is 2. The lowest BCUT2D eigenvalue weighted by Crippen LogP contribution is -2.27. The number of nitrogens with one attached hydrogen (secondary N) is 1. The van der Waals surface area contributed by atoms with Crippen LogP contribution in [0.25, 0.3) is 10.2 Å². The van der Waals surface area contributed by atoms with Crippen LogP contribution in [0.1, 0.15) is 55.0 Å². The first-order chi connectivity index (χ1) is 16.0. The SMILES string of the molecule is CN(C)c1ccc(NC(=O)CSc2nc3sc4c(c3c(=O)n2C2CCCC2)CCCC4)cc1. The molecule has 2 aromatic heterocycles. The number of thioether (sulfide) groups is 1. The zero-order valence-corrected chi connectivity index (χ0v) is 20.9. The minimum Gasteiger partial charge on any atom is -0.378 e. The Labute approximate surface area is 202 Å². The van der Waals surface area contributed by atoms with Crippen molar-refractivity contribution in [2.24, 2.45) is 0 Å². The largest absolute Gasteiger partial charge is 0.378 e. The van der Waals surface area contributed by atoms with Gasteiger partial charge in [0.15, 0.2) is 5.16 Å². The fourth-order valence-corrected chi connectivity index (χ4v) is 7.12. The van der Waals surface area contributed by atoms with Crippen molar-refractivity contribution in [2.45, 2.75) is 62.6 Å². The molecule has 1 saturated carbocycles. The Morgan fingerprint density at radius 3 is 2.61 bits per heavy atom. The lowest BCUT2D eigenvalue weighted by Gasteiger charge is -2.18. The standard InChI is InChI=1S/C25H30N4O2S2/c1-28(2)17-13-11-16(12-14-17)26-21(30)15-32-25-27-23-22(19-9-5-6-10-20(19)33-23)24(31)29(25)18-7-3-4-8-18/h11-14,18H,3-10,15H2,1-2H3,(H,26,30). The molecule has 1 N–H and O–H groups in total. The lowest BCUT2D eigenvalue weighted by molar-refractivity contribution is -0.113. The van der Waals surface area contributed by atoms with E-state index in [9.17, 15) is 9.59 Å². The molecule has 0 saturated heterocycles. The zero-order valence-electron chi connectivity index (χ0n) is 19.2. The summed E-state index contributed by atoms with van der Waals surface area (Å²) in [5.74, 6) is 0.140. The molecular weight excluding hydrogens is 452 g/mol. The predicted octanol–water partition coefficient (Wildman–Crippen LogP) is 5.25. The van der Waals surface area contributed by atoms with Gasteiger partial charge in [0.25, 0.3) is 5.56 Å². The van der Waals surface area contributed by atoms with E-state index < -0.39 is 0 Å². The van der Waals surface area contributed by atoms with Crippen molar-refractivity contribution in [3.63, 3.8) is 0 Å². The maximum absolute atomic E-state index is 13.7. The molecule has 1 amide bonds. The third kappa shape index (κ3) is 4.55. The molecule has 5 rings (SSSR count). The minimum atomic E-state index is -0.0876. The second kappa shape index (κ2) is 9.50. The zero-order chi connectivity index (χ0) is 22.9. The number of carbonyl (C=O) groups excluding carboxylic acids is 1. The average molecular weight is 483 g/mol. The van der Waals surface area contributed by atoms with E-state index in [-0.39, 0.29) is 23.3 Å². The van der Waals surface area contributed by atoms with E-state index in [1.807, 2.05) is 47.8 Å². The van der Waals surface area contributed by atoms with Gasteiger partial charge >= 0.3 is 0 Å². The quantitative estimate of drug-likeness (QED) is 0.384. The van der Waals surface area contributed by atoms with Crippen LogP contribution < -0.4 is 15.8 Å². The van der Waals surface area contributed by atoms with Gasteiger partial charge in [0.05, 0.1) is 11.1 Å². The van der Waals surface area contributed by atoms with Gasteiger partial charge in [0, 0.05) is 36.4 Å². The Morgan fingerprint density at radius 2 is 1.88 bits per heavy atom. The van der Waals surface area contributed by atoms with Crippen molar-refractivity contribution < 1.29 is 4.79 Å². The van der Waals surface area contributed by atoms with Gasteiger partial charge in [0.1, 0.15) is 4.83 Å². The first-order valence-corrected chi connectivity index (χ1v) is 13.6. The summed E-state index contributed by atoms with van der Waals surface area (Å²) in [6, 6.07) is 7.97. The summed E-state index contributed by atoms with van der Waals surface area (Å²) >= 11 is 3.06. The summed E-state index contributed by atoms with van der Waals surface area (Å²) in [4.78, 5) is 35.6. The van der Waals surface area contributed by atoms with Gasteiger partial charge in [-0.15, -0.1) is 11.3 Å². The number of benzene rings is 1. The van der Waals surface area contributed by atoms with Crippen molar-refractivity contribution in [1.29, 1.82) is 0 Å². The second-order valence-electron chi connectivity index (χ2n) is 9.18. The van der Waals surface area contributed by atoms with Crippen LogP contribution in [-0.4, -0.2) is 35.3 Å². The first kappa shape index (κ1) is 22.5. The molecule has 1 aromatic carbocycles. The second-order valence-corrected chi connectivity index (χ2v) is 11.2. The summed E-state index contributed by atoms with van der Waals surface area (Å²) in [6.07, 6.45) is 8.68. The highest BCUT2D eigenvalue weighted by molar-refractivity contribution is 7.99. The molecule has 174 valence electrons. The van der Waals surface area contributed by atoms with E-state index in [0.29, 0.717) is 5.16 Å². The van der Waals surface area contributed by atoms with Gasteiger partial charge < -0.3 is 10.2 Å². The van der Waals surface area contributed by atoms with Gasteiger partial charge in [-0.05, 0) is 68.4 Å². The highest BCUT2D eigenvalue weighted by Gasteiger charge is 2.27. The van der Waals surface area contributed by atoms with Crippen LogP contribution in [0, 0.1) is 0 Å². The molecule has 3 aromatic rings. The number of hydrogen-bond acceptors (Lipinski definition) is 6. The molecular formula is C25H30N4O2S2. The monoisotopic (exact) mass is 482 g/mol. The number of hydrogen-bond donors (Lipinski definition) is 1. The number of thiophene rings is 1. The molecule has 2 heterocycles. The lowest BCUT2D eigenvalue weighted by atomic mass is 9.97.